The number of hydrogen-bond acceptors (Lipinski definition) is 6. The Morgan fingerprint density at radius 2 is 1.46 bits per heavy atom. The van der Waals surface area contributed by atoms with Gasteiger partial charge in [0.15, 0.2) is 5.78 Å². The number of nitrogens with one attached hydrogen (secondary N) is 2. The Bertz CT molecular complexity index is 1360. The van der Waals surface area contributed by atoms with Crippen molar-refractivity contribution in [2.45, 2.75) is 52.5 Å². The molecule has 0 aromatic heterocycles. The number of aryl methyl sites for hydroxylation is 2. The molecule has 5 N–H and O–H groups in total. The molecule has 2 atom stereocenters. The van der Waals surface area contributed by atoms with Crippen molar-refractivity contribution in [2.24, 2.45) is 5.92 Å². The maximum Gasteiger partial charge on any atom is 0.475 e. The SMILES string of the molecule is Cc1cc(/C=C/C(=O)c2ccc(C(=O)N[C@@H](Cc3ccccc3)C(=O)N[C@@H](CC(C)C)B(O)O)cc2)cc(C)c1O. The lowest BCUT2D eigenvalue weighted by Gasteiger charge is -2.24. The van der Waals surface area contributed by atoms with Crippen LogP contribution in [-0.4, -0.2) is 51.9 Å². The van der Waals surface area contributed by atoms with Gasteiger partial charge in [0.25, 0.3) is 5.91 Å². The fraction of sp³-hybridized carbons (Fsp3) is 0.281. The van der Waals surface area contributed by atoms with Crippen LogP contribution in [0.5, 0.6) is 5.75 Å². The lowest BCUT2D eigenvalue weighted by Crippen LogP contribution is -2.55. The van der Waals surface area contributed by atoms with Gasteiger partial charge in [-0.1, -0.05) is 62.4 Å². The third-order valence-electron chi connectivity index (χ3n) is 6.69. The molecule has 0 fully saturated rings. The van der Waals surface area contributed by atoms with E-state index in [1.807, 2.05) is 44.2 Å². The van der Waals surface area contributed by atoms with Gasteiger partial charge >= 0.3 is 7.12 Å². The summed E-state index contributed by atoms with van der Waals surface area (Å²) < 4.78 is 0. The number of phenols is 1. The van der Waals surface area contributed by atoms with Gasteiger partial charge in [-0.25, -0.2) is 0 Å². The average Bonchev–Trinajstić information content (AvgIpc) is 2.94. The fourth-order valence-electron chi connectivity index (χ4n) is 4.49. The van der Waals surface area contributed by atoms with E-state index in [4.69, 9.17) is 0 Å². The summed E-state index contributed by atoms with van der Waals surface area (Å²) in [6, 6.07) is 17.9. The summed E-state index contributed by atoms with van der Waals surface area (Å²) in [5.41, 5.74) is 3.70. The molecule has 214 valence electrons. The second kappa shape index (κ2) is 14.4. The highest BCUT2D eigenvalue weighted by Gasteiger charge is 2.30. The summed E-state index contributed by atoms with van der Waals surface area (Å²) in [7, 11) is -1.74. The van der Waals surface area contributed by atoms with Gasteiger partial charge in [0, 0.05) is 17.5 Å². The molecule has 0 aliphatic heterocycles. The van der Waals surface area contributed by atoms with E-state index >= 15 is 0 Å². The van der Waals surface area contributed by atoms with Crippen LogP contribution < -0.4 is 10.6 Å². The first kappa shape index (κ1) is 31.3. The first-order valence-electron chi connectivity index (χ1n) is 13.6. The normalized spacial score (nSPS) is 12.7. The molecule has 3 aromatic carbocycles. The number of phenolic OH excluding ortho intramolecular Hbond substituents is 1. The molecule has 0 spiro atoms. The Morgan fingerprint density at radius 1 is 0.878 bits per heavy atom. The highest BCUT2D eigenvalue weighted by atomic mass is 16.4. The lowest BCUT2D eigenvalue weighted by molar-refractivity contribution is -0.123. The van der Waals surface area contributed by atoms with Crippen LogP contribution in [0.3, 0.4) is 0 Å². The minimum atomic E-state index is -1.74. The van der Waals surface area contributed by atoms with E-state index in [0.717, 1.165) is 22.3 Å². The van der Waals surface area contributed by atoms with Crippen molar-refractivity contribution >= 4 is 30.8 Å². The Kier molecular flexibility index (Phi) is 11.0. The standard InChI is InChI=1S/C32H37BN2O6/c1-20(2)16-29(33(40)41)35-32(39)27(19-23-8-6-5-7-9-23)34-31(38)26-13-11-25(12-14-26)28(36)15-10-24-17-21(3)30(37)22(4)18-24/h5-15,17-18,20,27,29,37,40-41H,16,19H2,1-4H3,(H,34,38)(H,35,39)/b15-10+/t27-,29-/m0/s1. The highest BCUT2D eigenvalue weighted by molar-refractivity contribution is 6.43. The number of ketones is 1. The number of hydrogen-bond donors (Lipinski definition) is 5. The van der Waals surface area contributed by atoms with Gasteiger partial charge in [0.05, 0.1) is 5.94 Å². The minimum absolute atomic E-state index is 0.106. The molecule has 2 amide bonds. The van der Waals surface area contributed by atoms with Crippen LogP contribution in [0.25, 0.3) is 6.08 Å². The first-order chi connectivity index (χ1) is 19.4. The summed E-state index contributed by atoms with van der Waals surface area (Å²) in [6.45, 7) is 7.40. The summed E-state index contributed by atoms with van der Waals surface area (Å²) in [6.07, 6.45) is 3.66. The molecule has 0 saturated heterocycles. The Morgan fingerprint density at radius 3 is 2.02 bits per heavy atom. The smallest absolute Gasteiger partial charge is 0.475 e. The van der Waals surface area contributed by atoms with E-state index in [1.54, 1.807) is 44.2 Å². The molecule has 8 nitrogen and oxygen atoms in total. The largest absolute Gasteiger partial charge is 0.507 e. The van der Waals surface area contributed by atoms with Crippen molar-refractivity contribution in [3.05, 3.63) is 106 Å². The van der Waals surface area contributed by atoms with E-state index in [1.165, 1.54) is 18.2 Å². The quantitative estimate of drug-likeness (QED) is 0.131. The number of carbonyl (C=O) groups is 3. The third-order valence-corrected chi connectivity index (χ3v) is 6.69. The van der Waals surface area contributed by atoms with Crippen LogP contribution in [0.15, 0.2) is 72.8 Å². The van der Waals surface area contributed by atoms with Gasteiger partial charge in [-0.2, -0.15) is 0 Å². The molecule has 9 heteroatoms. The summed E-state index contributed by atoms with van der Waals surface area (Å²) in [4.78, 5) is 39.0. The van der Waals surface area contributed by atoms with Crippen molar-refractivity contribution in [1.29, 1.82) is 0 Å². The molecule has 3 rings (SSSR count). The van der Waals surface area contributed by atoms with Crippen LogP contribution in [0.4, 0.5) is 0 Å². The topological polar surface area (TPSA) is 136 Å². The Balaban J connectivity index is 1.73. The van der Waals surface area contributed by atoms with Gasteiger partial charge in [0.2, 0.25) is 5.91 Å². The predicted octanol–water partition coefficient (Wildman–Crippen LogP) is 3.79. The molecule has 0 unspecified atom stereocenters. The second-order valence-electron chi connectivity index (χ2n) is 10.7. The molecular formula is C32H37BN2O6. The van der Waals surface area contributed by atoms with Crippen LogP contribution in [-0.2, 0) is 11.2 Å². The van der Waals surface area contributed by atoms with E-state index in [9.17, 15) is 29.5 Å². The maximum absolute atomic E-state index is 13.2. The van der Waals surface area contributed by atoms with Gasteiger partial charge in [0.1, 0.15) is 11.8 Å². The van der Waals surface area contributed by atoms with Crippen LogP contribution >= 0.6 is 0 Å². The molecular weight excluding hydrogens is 519 g/mol. The highest BCUT2D eigenvalue weighted by Crippen LogP contribution is 2.23. The van der Waals surface area contributed by atoms with Crippen molar-refractivity contribution in [3.8, 4) is 5.75 Å². The summed E-state index contributed by atoms with van der Waals surface area (Å²) in [5, 5.41) is 34.9. The van der Waals surface area contributed by atoms with Crippen molar-refractivity contribution in [1.82, 2.24) is 10.6 Å². The maximum atomic E-state index is 13.2. The van der Waals surface area contributed by atoms with Gasteiger partial charge < -0.3 is 25.8 Å². The molecule has 0 aliphatic carbocycles. The monoisotopic (exact) mass is 556 g/mol. The average molecular weight is 556 g/mol. The third kappa shape index (κ3) is 9.16. The molecule has 3 aromatic rings. The minimum Gasteiger partial charge on any atom is -0.507 e. The van der Waals surface area contributed by atoms with Crippen LogP contribution in [0, 0.1) is 19.8 Å². The molecule has 0 radical (unpaired) electrons. The van der Waals surface area contributed by atoms with Crippen molar-refractivity contribution < 1.29 is 29.5 Å². The van der Waals surface area contributed by atoms with Gasteiger partial charge in [-0.15, -0.1) is 0 Å². The number of amides is 2. The number of allylic oxidation sites excluding steroid dienone is 1. The predicted molar refractivity (Wildman–Crippen MR) is 160 cm³/mol. The van der Waals surface area contributed by atoms with E-state index < -0.39 is 30.9 Å². The molecule has 0 bridgehead atoms. The number of benzene rings is 3. The first-order valence-corrected chi connectivity index (χ1v) is 13.6. The molecule has 0 aliphatic rings. The molecule has 0 saturated carbocycles. The zero-order valence-electron chi connectivity index (χ0n) is 23.8. The van der Waals surface area contributed by atoms with E-state index in [2.05, 4.69) is 10.6 Å². The zero-order chi connectivity index (χ0) is 30.1. The lowest BCUT2D eigenvalue weighted by atomic mass is 9.75. The summed E-state index contributed by atoms with van der Waals surface area (Å²) >= 11 is 0. The summed E-state index contributed by atoms with van der Waals surface area (Å²) in [5.74, 6) is -1.83. The Hall–Kier alpha value is -4.21. The number of rotatable bonds is 12. The van der Waals surface area contributed by atoms with Crippen molar-refractivity contribution in [2.75, 3.05) is 0 Å². The van der Waals surface area contributed by atoms with Crippen LogP contribution in [0.1, 0.15) is 63.2 Å². The Labute approximate surface area is 241 Å². The van der Waals surface area contributed by atoms with Gasteiger partial charge in [-0.3, -0.25) is 14.4 Å². The van der Waals surface area contributed by atoms with E-state index in [0.29, 0.717) is 12.0 Å². The number of aromatic hydroxyl groups is 1. The van der Waals surface area contributed by atoms with Crippen LogP contribution in [0.2, 0.25) is 0 Å². The second-order valence-corrected chi connectivity index (χ2v) is 10.7. The zero-order valence-corrected chi connectivity index (χ0v) is 23.8. The molecule has 0 heterocycles. The van der Waals surface area contributed by atoms with Gasteiger partial charge in [-0.05, 0) is 78.8 Å². The fourth-order valence-corrected chi connectivity index (χ4v) is 4.49. The van der Waals surface area contributed by atoms with Crippen molar-refractivity contribution in [3.63, 3.8) is 0 Å². The molecule has 41 heavy (non-hydrogen) atoms. The van der Waals surface area contributed by atoms with E-state index in [-0.39, 0.29) is 29.4 Å². The number of carbonyl (C=O) groups excluding carboxylic acids is 3.